The standard InChI is InChI=1S/C14H9ClF3NO3/c15-10-7-6-9(21-10)12-11(8-4-2-1-3-5-8)13(20,22-19-12)14(16,17)18/h1-7,19-20H. The summed E-state index contributed by atoms with van der Waals surface area (Å²) in [5.41, 5.74) is 1.59. The number of hydroxylamine groups is 1. The highest BCUT2D eigenvalue weighted by Crippen LogP contribution is 2.48. The first kappa shape index (κ1) is 15.0. The molecule has 0 saturated carbocycles. The Labute approximate surface area is 127 Å². The molecule has 3 rings (SSSR count). The van der Waals surface area contributed by atoms with Gasteiger partial charge in [-0.15, -0.1) is 0 Å². The molecule has 1 aliphatic rings. The molecule has 0 radical (unpaired) electrons. The van der Waals surface area contributed by atoms with E-state index in [1.807, 2.05) is 0 Å². The van der Waals surface area contributed by atoms with Crippen molar-refractivity contribution in [2.24, 2.45) is 0 Å². The van der Waals surface area contributed by atoms with Crippen molar-refractivity contribution in [2.75, 3.05) is 0 Å². The van der Waals surface area contributed by atoms with Crippen molar-refractivity contribution in [2.45, 2.75) is 12.0 Å². The summed E-state index contributed by atoms with van der Waals surface area (Å²) in [6.07, 6.45) is -5.05. The van der Waals surface area contributed by atoms with Crippen molar-refractivity contribution in [3.63, 3.8) is 0 Å². The number of rotatable bonds is 2. The summed E-state index contributed by atoms with van der Waals surface area (Å²) in [6, 6.07) is 10.3. The SMILES string of the molecule is OC1(C(F)(F)F)ONC(c2ccc(Cl)o2)=C1c1ccccc1. The number of alkyl halides is 3. The molecule has 1 atom stereocenters. The minimum absolute atomic E-state index is 0.000778. The van der Waals surface area contributed by atoms with E-state index in [0.29, 0.717) is 0 Å². The Morgan fingerprint density at radius 3 is 2.32 bits per heavy atom. The lowest BCUT2D eigenvalue weighted by atomic mass is 9.95. The number of hydrogen-bond acceptors (Lipinski definition) is 4. The highest BCUT2D eigenvalue weighted by molar-refractivity contribution is 6.28. The van der Waals surface area contributed by atoms with Gasteiger partial charge in [0.1, 0.15) is 5.70 Å². The fourth-order valence-corrected chi connectivity index (χ4v) is 2.31. The second-order valence-electron chi connectivity index (χ2n) is 4.57. The quantitative estimate of drug-likeness (QED) is 0.883. The predicted molar refractivity (Wildman–Crippen MR) is 72.2 cm³/mol. The molecule has 1 aromatic carbocycles. The molecule has 2 heterocycles. The summed E-state index contributed by atoms with van der Waals surface area (Å²) in [5, 5.41) is 10.0. The zero-order valence-corrected chi connectivity index (χ0v) is 11.6. The third-order valence-corrected chi connectivity index (χ3v) is 3.36. The number of benzene rings is 1. The maximum absolute atomic E-state index is 13.3. The van der Waals surface area contributed by atoms with Crippen LogP contribution in [0.5, 0.6) is 0 Å². The van der Waals surface area contributed by atoms with Gasteiger partial charge in [0, 0.05) is 0 Å². The van der Waals surface area contributed by atoms with E-state index in [2.05, 4.69) is 10.3 Å². The average molecular weight is 332 g/mol. The fourth-order valence-electron chi connectivity index (χ4n) is 2.16. The molecule has 116 valence electrons. The van der Waals surface area contributed by atoms with E-state index < -0.39 is 17.5 Å². The highest BCUT2D eigenvalue weighted by atomic mass is 35.5. The van der Waals surface area contributed by atoms with Crippen LogP contribution in [-0.2, 0) is 4.84 Å². The number of aliphatic hydroxyl groups is 1. The third-order valence-electron chi connectivity index (χ3n) is 3.16. The lowest BCUT2D eigenvalue weighted by Gasteiger charge is -2.26. The van der Waals surface area contributed by atoms with Gasteiger partial charge in [-0.25, -0.2) is 4.84 Å². The van der Waals surface area contributed by atoms with E-state index in [0.717, 1.165) is 0 Å². The molecule has 0 aliphatic carbocycles. The molecule has 2 N–H and O–H groups in total. The molecule has 1 unspecified atom stereocenters. The van der Waals surface area contributed by atoms with Gasteiger partial charge in [0.2, 0.25) is 0 Å². The van der Waals surface area contributed by atoms with Crippen LogP contribution in [0.1, 0.15) is 11.3 Å². The Morgan fingerprint density at radius 1 is 1.09 bits per heavy atom. The molecule has 0 bridgehead atoms. The average Bonchev–Trinajstić information content (AvgIpc) is 3.03. The van der Waals surface area contributed by atoms with Crippen LogP contribution in [0.15, 0.2) is 46.9 Å². The van der Waals surface area contributed by atoms with Gasteiger partial charge in [-0.1, -0.05) is 30.3 Å². The minimum Gasteiger partial charge on any atom is -0.443 e. The zero-order chi connectivity index (χ0) is 16.0. The summed E-state index contributed by atoms with van der Waals surface area (Å²) in [4.78, 5) is 4.45. The van der Waals surface area contributed by atoms with Crippen LogP contribution in [0.2, 0.25) is 5.22 Å². The van der Waals surface area contributed by atoms with E-state index in [1.165, 1.54) is 24.3 Å². The molecule has 0 fully saturated rings. The molecule has 0 spiro atoms. The van der Waals surface area contributed by atoms with Gasteiger partial charge in [0.05, 0.1) is 5.57 Å². The monoisotopic (exact) mass is 331 g/mol. The Hall–Kier alpha value is -1.96. The van der Waals surface area contributed by atoms with Crippen LogP contribution >= 0.6 is 11.6 Å². The summed E-state index contributed by atoms with van der Waals surface area (Å²) in [6.45, 7) is 0. The molecular weight excluding hydrogens is 323 g/mol. The molecular formula is C14H9ClF3NO3. The number of halogens is 4. The Balaban J connectivity index is 2.24. The summed E-state index contributed by atoms with van der Waals surface area (Å²) in [5.74, 6) is -3.48. The second-order valence-corrected chi connectivity index (χ2v) is 4.94. The highest BCUT2D eigenvalue weighted by Gasteiger charge is 2.63. The van der Waals surface area contributed by atoms with Crippen LogP contribution in [-0.4, -0.2) is 17.1 Å². The summed E-state index contributed by atoms with van der Waals surface area (Å²) in [7, 11) is 0. The van der Waals surface area contributed by atoms with Crippen molar-refractivity contribution in [3.05, 3.63) is 59.0 Å². The van der Waals surface area contributed by atoms with Gasteiger partial charge in [0.25, 0.3) is 0 Å². The lowest BCUT2D eigenvalue weighted by molar-refractivity contribution is -0.340. The first-order valence-electron chi connectivity index (χ1n) is 6.12. The van der Waals surface area contributed by atoms with Gasteiger partial charge in [-0.05, 0) is 29.3 Å². The van der Waals surface area contributed by atoms with Crippen LogP contribution in [0.4, 0.5) is 13.2 Å². The van der Waals surface area contributed by atoms with Crippen molar-refractivity contribution >= 4 is 22.9 Å². The predicted octanol–water partition coefficient (Wildman–Crippen LogP) is 3.59. The van der Waals surface area contributed by atoms with E-state index in [4.69, 9.17) is 16.0 Å². The van der Waals surface area contributed by atoms with E-state index >= 15 is 0 Å². The maximum atomic E-state index is 13.3. The Bertz CT molecular complexity index is 726. The largest absolute Gasteiger partial charge is 0.450 e. The third kappa shape index (κ3) is 2.27. The van der Waals surface area contributed by atoms with Crippen molar-refractivity contribution in [1.29, 1.82) is 0 Å². The van der Waals surface area contributed by atoms with Crippen molar-refractivity contribution in [3.8, 4) is 0 Å². The lowest BCUT2D eigenvalue weighted by Crippen LogP contribution is -2.47. The van der Waals surface area contributed by atoms with E-state index in [9.17, 15) is 18.3 Å². The molecule has 22 heavy (non-hydrogen) atoms. The van der Waals surface area contributed by atoms with Crippen LogP contribution < -0.4 is 5.48 Å². The number of nitrogens with one attached hydrogen (secondary N) is 1. The van der Waals surface area contributed by atoms with Crippen LogP contribution in [0.3, 0.4) is 0 Å². The first-order valence-corrected chi connectivity index (χ1v) is 6.50. The fraction of sp³-hybridized carbons (Fsp3) is 0.143. The maximum Gasteiger partial charge on any atom is 0.450 e. The smallest absolute Gasteiger partial charge is 0.443 e. The Kier molecular flexibility index (Phi) is 3.43. The topological polar surface area (TPSA) is 54.6 Å². The molecule has 0 saturated heterocycles. The van der Waals surface area contributed by atoms with Crippen LogP contribution in [0, 0.1) is 0 Å². The summed E-state index contributed by atoms with van der Waals surface area (Å²) < 4.78 is 44.9. The summed E-state index contributed by atoms with van der Waals surface area (Å²) >= 11 is 5.65. The van der Waals surface area contributed by atoms with Gasteiger partial charge in [0.15, 0.2) is 11.0 Å². The van der Waals surface area contributed by atoms with Crippen molar-refractivity contribution in [1.82, 2.24) is 5.48 Å². The van der Waals surface area contributed by atoms with Gasteiger partial charge in [-0.2, -0.15) is 13.2 Å². The van der Waals surface area contributed by atoms with Gasteiger partial charge in [-0.3, -0.25) is 5.48 Å². The zero-order valence-electron chi connectivity index (χ0n) is 10.8. The second kappa shape index (κ2) is 5.05. The molecule has 4 nitrogen and oxygen atoms in total. The van der Waals surface area contributed by atoms with Gasteiger partial charge >= 0.3 is 12.0 Å². The minimum atomic E-state index is -5.05. The number of hydrogen-bond donors (Lipinski definition) is 2. The molecule has 1 aromatic heterocycles. The molecule has 8 heteroatoms. The normalized spacial score (nSPS) is 22.0. The molecule has 1 aliphatic heterocycles. The Morgan fingerprint density at radius 2 is 1.77 bits per heavy atom. The van der Waals surface area contributed by atoms with E-state index in [-0.39, 0.29) is 22.2 Å². The number of furan rings is 1. The molecule has 0 amide bonds. The first-order chi connectivity index (χ1) is 10.3. The van der Waals surface area contributed by atoms with E-state index in [1.54, 1.807) is 18.2 Å². The molecule has 2 aromatic rings. The van der Waals surface area contributed by atoms with Crippen LogP contribution in [0.25, 0.3) is 11.3 Å². The van der Waals surface area contributed by atoms with Crippen molar-refractivity contribution < 1.29 is 27.5 Å². The van der Waals surface area contributed by atoms with Gasteiger partial charge < -0.3 is 9.52 Å².